The Hall–Kier alpha value is -3.75. The van der Waals surface area contributed by atoms with Crippen LogP contribution in [0.5, 0.6) is 0 Å². The molecule has 1 amide bonds. The number of hydrogen-bond donors (Lipinski definition) is 1. The number of hydrogen-bond acceptors (Lipinski definition) is 6. The van der Waals surface area contributed by atoms with Crippen LogP contribution in [0.3, 0.4) is 0 Å². The molecule has 5 rings (SSSR count). The predicted molar refractivity (Wildman–Crippen MR) is 122 cm³/mol. The third kappa shape index (κ3) is 3.81. The van der Waals surface area contributed by atoms with Crippen LogP contribution in [-0.4, -0.2) is 55.5 Å². The lowest BCUT2D eigenvalue weighted by molar-refractivity contribution is 0.0517. The Bertz CT molecular complexity index is 1270. The number of oxazole rings is 1. The van der Waals surface area contributed by atoms with E-state index in [0.29, 0.717) is 37.9 Å². The summed E-state index contributed by atoms with van der Waals surface area (Å²) in [6.07, 6.45) is 7.35. The highest BCUT2D eigenvalue weighted by molar-refractivity contribution is 5.99. The van der Waals surface area contributed by atoms with Crippen molar-refractivity contribution in [3.8, 4) is 11.5 Å². The molecule has 2 aromatic heterocycles. The molecule has 0 radical (unpaired) electrons. The summed E-state index contributed by atoms with van der Waals surface area (Å²) in [5.41, 5.74) is 2.27. The van der Waals surface area contributed by atoms with E-state index in [2.05, 4.69) is 10.1 Å². The summed E-state index contributed by atoms with van der Waals surface area (Å²) in [7, 11) is 0. The van der Waals surface area contributed by atoms with E-state index in [1.165, 1.54) is 24.6 Å². The lowest BCUT2D eigenvalue weighted by atomic mass is 9.67. The van der Waals surface area contributed by atoms with Gasteiger partial charge in [0.1, 0.15) is 12.0 Å². The van der Waals surface area contributed by atoms with Crippen LogP contribution in [0.25, 0.3) is 11.5 Å². The highest BCUT2D eigenvalue weighted by Crippen LogP contribution is 2.44. The summed E-state index contributed by atoms with van der Waals surface area (Å²) in [5.74, 6) is -0.982. The fourth-order valence-corrected chi connectivity index (χ4v) is 5.20. The number of fused-ring (bicyclic) bond motifs is 1. The van der Waals surface area contributed by atoms with E-state index in [-0.39, 0.29) is 40.2 Å². The van der Waals surface area contributed by atoms with Gasteiger partial charge >= 0.3 is 5.97 Å². The Morgan fingerprint density at radius 1 is 1.12 bits per heavy atom. The van der Waals surface area contributed by atoms with Crippen molar-refractivity contribution < 1.29 is 23.9 Å². The van der Waals surface area contributed by atoms with Crippen LogP contribution in [0.4, 0.5) is 0 Å². The maximum atomic E-state index is 13.3. The van der Waals surface area contributed by atoms with Gasteiger partial charge in [0.05, 0.1) is 18.0 Å². The number of rotatable bonds is 4. The van der Waals surface area contributed by atoms with E-state index in [0.717, 1.165) is 17.7 Å². The molecule has 34 heavy (non-hydrogen) atoms. The number of aromatic carboxylic acids is 1. The molecule has 1 saturated heterocycles. The van der Waals surface area contributed by atoms with Crippen molar-refractivity contribution in [1.29, 1.82) is 0 Å². The van der Waals surface area contributed by atoms with Gasteiger partial charge in [0.2, 0.25) is 5.89 Å². The zero-order chi connectivity index (χ0) is 24.0. The summed E-state index contributed by atoms with van der Waals surface area (Å²) < 4.78 is 7.11. The van der Waals surface area contributed by atoms with Crippen molar-refractivity contribution in [2.75, 3.05) is 13.1 Å². The van der Waals surface area contributed by atoms with Crippen LogP contribution in [0.1, 0.15) is 75.9 Å². The number of ketones is 1. The van der Waals surface area contributed by atoms with Gasteiger partial charge in [0, 0.05) is 42.2 Å². The highest BCUT2D eigenvalue weighted by Gasteiger charge is 2.43. The third-order valence-electron chi connectivity index (χ3n) is 6.94. The van der Waals surface area contributed by atoms with Crippen molar-refractivity contribution in [3.63, 3.8) is 0 Å². The maximum Gasteiger partial charge on any atom is 0.335 e. The molecule has 0 saturated carbocycles. The van der Waals surface area contributed by atoms with Gasteiger partial charge in [0.15, 0.2) is 5.78 Å². The molecule has 1 aliphatic heterocycles. The number of aromatic nitrogens is 3. The molecule has 9 nitrogen and oxygen atoms in total. The van der Waals surface area contributed by atoms with Crippen molar-refractivity contribution in [2.24, 2.45) is 5.41 Å². The number of nitrogens with zero attached hydrogens (tertiary/aromatic N) is 4. The second kappa shape index (κ2) is 8.23. The molecule has 3 heterocycles. The number of amides is 1. The number of carbonyl (C=O) groups is 3. The van der Waals surface area contributed by atoms with Gasteiger partial charge in [0.25, 0.3) is 5.91 Å². The Morgan fingerprint density at radius 2 is 1.85 bits per heavy atom. The van der Waals surface area contributed by atoms with Crippen LogP contribution in [0.15, 0.2) is 41.3 Å². The number of carbonyl (C=O) groups excluding carboxylic acids is 2. The minimum atomic E-state index is -1.13. The Balaban J connectivity index is 1.35. The minimum absolute atomic E-state index is 0.0000934. The lowest BCUT2D eigenvalue weighted by Crippen LogP contribution is -2.46. The fourth-order valence-electron chi connectivity index (χ4n) is 5.20. The molecular weight excluding hydrogens is 436 g/mol. The topological polar surface area (TPSA) is 119 Å². The van der Waals surface area contributed by atoms with Crippen molar-refractivity contribution in [2.45, 2.75) is 45.6 Å². The number of carboxylic acid groups (broad SMARTS) is 1. The number of likely N-dealkylation sites (tertiary alicyclic amines) is 1. The zero-order valence-electron chi connectivity index (χ0n) is 19.2. The third-order valence-corrected chi connectivity index (χ3v) is 6.94. The van der Waals surface area contributed by atoms with Crippen molar-refractivity contribution in [3.05, 3.63) is 59.2 Å². The Kier molecular flexibility index (Phi) is 5.34. The van der Waals surface area contributed by atoms with Crippen molar-refractivity contribution in [1.82, 2.24) is 19.7 Å². The van der Waals surface area contributed by atoms with Crippen LogP contribution < -0.4 is 0 Å². The van der Waals surface area contributed by atoms with Gasteiger partial charge < -0.3 is 14.4 Å². The molecule has 176 valence electrons. The van der Waals surface area contributed by atoms with E-state index >= 15 is 0 Å². The number of carboxylic acids is 1. The van der Waals surface area contributed by atoms with E-state index in [1.807, 2.05) is 24.7 Å². The molecule has 0 atom stereocenters. The normalized spacial score (nSPS) is 17.3. The van der Waals surface area contributed by atoms with E-state index in [9.17, 15) is 19.5 Å². The molecule has 3 aromatic rings. The van der Waals surface area contributed by atoms with Crippen LogP contribution in [0.2, 0.25) is 0 Å². The molecular formula is C25H26N4O5. The first-order chi connectivity index (χ1) is 16.3. The summed E-state index contributed by atoms with van der Waals surface area (Å²) in [6, 6.07) is 4.57. The van der Waals surface area contributed by atoms with Gasteiger partial charge in [-0.3, -0.25) is 14.3 Å². The molecule has 1 aliphatic carbocycles. The average Bonchev–Trinajstić information content (AvgIpc) is 3.49. The van der Waals surface area contributed by atoms with Crippen LogP contribution >= 0.6 is 0 Å². The maximum absolute atomic E-state index is 13.3. The van der Waals surface area contributed by atoms with Gasteiger partial charge in [-0.05, 0) is 56.7 Å². The smallest absolute Gasteiger partial charge is 0.335 e. The number of Topliss-reactive ketones (excluding diaryl/α,β-unsaturated/α-hetero) is 1. The van der Waals surface area contributed by atoms with E-state index in [1.54, 1.807) is 11.0 Å². The van der Waals surface area contributed by atoms with Gasteiger partial charge in [-0.2, -0.15) is 5.10 Å². The van der Waals surface area contributed by atoms with Crippen LogP contribution in [-0.2, 0) is 6.42 Å². The Morgan fingerprint density at radius 3 is 2.50 bits per heavy atom. The quantitative estimate of drug-likeness (QED) is 0.625. The largest absolute Gasteiger partial charge is 0.478 e. The summed E-state index contributed by atoms with van der Waals surface area (Å²) in [6.45, 7) is 5.04. The molecule has 0 bridgehead atoms. The molecule has 1 aromatic carbocycles. The lowest BCUT2D eigenvalue weighted by Gasteiger charge is -2.43. The molecule has 2 aliphatic rings. The summed E-state index contributed by atoms with van der Waals surface area (Å²) in [4.78, 5) is 43.8. The van der Waals surface area contributed by atoms with Gasteiger partial charge in [-0.25, -0.2) is 9.78 Å². The molecule has 0 unspecified atom stereocenters. The fraction of sp³-hybridized carbons (Fsp3) is 0.400. The number of benzene rings is 1. The second-order valence-electron chi connectivity index (χ2n) is 9.57. The standard InChI is InChI=1S/C25H26N4O5/c1-15(2)29-21-19(14-27-29)12-25(13-20(21)30)3-6-28(7-4-25)23(31)17-9-16(22-26-5-8-34-22)10-18(11-17)24(32)33/h5,8-11,14-15H,3-4,6-7,12-13H2,1-2H3,(H,32,33). The monoisotopic (exact) mass is 462 g/mol. The highest BCUT2D eigenvalue weighted by atomic mass is 16.4. The number of piperidine rings is 1. The first kappa shape index (κ1) is 22.1. The van der Waals surface area contributed by atoms with Crippen molar-refractivity contribution >= 4 is 17.7 Å². The first-order valence-electron chi connectivity index (χ1n) is 11.4. The van der Waals surface area contributed by atoms with E-state index < -0.39 is 5.97 Å². The summed E-state index contributed by atoms with van der Waals surface area (Å²) in [5, 5.41) is 13.9. The Labute approximate surface area is 196 Å². The minimum Gasteiger partial charge on any atom is -0.478 e. The van der Waals surface area contributed by atoms with Crippen LogP contribution in [0, 0.1) is 5.41 Å². The zero-order valence-corrected chi connectivity index (χ0v) is 19.2. The average molecular weight is 463 g/mol. The molecule has 1 N–H and O–H groups in total. The van der Waals surface area contributed by atoms with E-state index in [4.69, 9.17) is 4.42 Å². The molecule has 9 heteroatoms. The van der Waals surface area contributed by atoms with Gasteiger partial charge in [-0.15, -0.1) is 0 Å². The SMILES string of the molecule is CC(C)n1ncc2c1C(=O)CC1(CCN(C(=O)c3cc(C(=O)O)cc(-c4ncco4)c3)CC1)C2. The molecule has 1 spiro atoms. The second-order valence-corrected chi connectivity index (χ2v) is 9.57. The summed E-state index contributed by atoms with van der Waals surface area (Å²) >= 11 is 0. The molecule has 1 fully saturated rings. The van der Waals surface area contributed by atoms with Gasteiger partial charge in [-0.1, -0.05) is 0 Å². The first-order valence-corrected chi connectivity index (χ1v) is 11.4. The predicted octanol–water partition coefficient (Wildman–Crippen LogP) is 3.87.